The van der Waals surface area contributed by atoms with Crippen molar-refractivity contribution < 1.29 is 30.1 Å². The van der Waals surface area contributed by atoms with Gasteiger partial charge in [-0.2, -0.15) is 0 Å². The van der Waals surface area contributed by atoms with E-state index in [-0.39, 0.29) is 0 Å². The summed E-state index contributed by atoms with van der Waals surface area (Å²) in [5.74, 6) is 1.32. The highest BCUT2D eigenvalue weighted by atomic mass is 16.3. The Bertz CT molecular complexity index is 924. The van der Waals surface area contributed by atoms with E-state index in [2.05, 4.69) is 48.6 Å². The van der Waals surface area contributed by atoms with Crippen LogP contribution in [0.15, 0.2) is 115 Å². The second-order valence-corrected chi connectivity index (χ2v) is 8.47. The maximum atomic E-state index is 9.12. The molecule has 0 aliphatic rings. The lowest BCUT2D eigenvalue weighted by atomic mass is 10.2. The summed E-state index contributed by atoms with van der Waals surface area (Å²) < 4.78 is 0. The fourth-order valence-electron chi connectivity index (χ4n) is 2.36. The average Bonchev–Trinajstić information content (AvgIpc) is 3.03. The van der Waals surface area contributed by atoms with E-state index in [0.29, 0.717) is 23.0 Å². The molecule has 44 heavy (non-hydrogen) atoms. The predicted molar refractivity (Wildman–Crippen MR) is 193 cm³/mol. The quantitative estimate of drug-likeness (QED) is 0.146. The third-order valence-electron chi connectivity index (χ3n) is 3.74. The number of nitrogens with one attached hydrogen (secondary N) is 1. The molecule has 6 nitrogen and oxygen atoms in total. The van der Waals surface area contributed by atoms with Gasteiger partial charge in [-0.3, -0.25) is 4.79 Å². The van der Waals surface area contributed by atoms with Crippen molar-refractivity contribution >= 4 is 6.79 Å². The Kier molecular flexibility index (Phi) is 48.5. The third-order valence-corrected chi connectivity index (χ3v) is 3.74. The fourth-order valence-corrected chi connectivity index (χ4v) is 2.36. The summed E-state index contributed by atoms with van der Waals surface area (Å²) >= 11 is 0. The molecule has 0 aliphatic heterocycles. The maximum absolute atomic E-state index is 9.12. The number of quaternary nitrogens is 1. The van der Waals surface area contributed by atoms with Crippen molar-refractivity contribution in [3.05, 3.63) is 121 Å². The lowest BCUT2D eigenvalue weighted by Crippen LogP contribution is -3.04. The molecule has 0 radical (unpaired) electrons. The summed E-state index contributed by atoms with van der Waals surface area (Å²) in [7, 11) is 4.17. The first-order chi connectivity index (χ1) is 21.2. The Morgan fingerprint density at radius 1 is 0.477 bits per heavy atom. The molecular formula is C38H63NO5+2. The van der Waals surface area contributed by atoms with Crippen LogP contribution >= 0.6 is 0 Å². The van der Waals surface area contributed by atoms with Crippen molar-refractivity contribution in [3.8, 4) is 23.0 Å². The maximum Gasteiger partial charge on any atom is 0.270 e. The topological polar surface area (TPSA) is 107 Å². The number of phenolic OH excluding ortho intramolecular Hbond substituents is 4. The van der Waals surface area contributed by atoms with E-state index in [0.717, 1.165) is 6.54 Å². The molecule has 0 fully saturated rings. The number of aromatic hydroxyl groups is 4. The van der Waals surface area contributed by atoms with E-state index >= 15 is 0 Å². The van der Waals surface area contributed by atoms with Crippen LogP contribution in [0.1, 0.15) is 73.8 Å². The van der Waals surface area contributed by atoms with Gasteiger partial charge in [0.05, 0.1) is 14.1 Å². The van der Waals surface area contributed by atoms with Gasteiger partial charge in [-0.05, 0) is 48.5 Å². The summed E-state index contributed by atoms with van der Waals surface area (Å²) in [4.78, 5) is 8.11. The van der Waals surface area contributed by atoms with E-state index in [4.69, 9.17) is 25.2 Å². The van der Waals surface area contributed by atoms with Gasteiger partial charge < -0.3 is 25.3 Å². The van der Waals surface area contributed by atoms with Crippen molar-refractivity contribution in [1.29, 1.82) is 0 Å². The van der Waals surface area contributed by atoms with Gasteiger partial charge in [0.25, 0.3) is 6.79 Å². The summed E-state index contributed by atoms with van der Waals surface area (Å²) in [6.07, 6.45) is 2.50. The van der Waals surface area contributed by atoms with Crippen molar-refractivity contribution in [1.82, 2.24) is 0 Å². The van der Waals surface area contributed by atoms with E-state index < -0.39 is 0 Å². The van der Waals surface area contributed by atoms with Gasteiger partial charge in [0.2, 0.25) is 0 Å². The first-order valence-electron chi connectivity index (χ1n) is 15.3. The van der Waals surface area contributed by atoms with Gasteiger partial charge in [0, 0.05) is 5.56 Å². The third kappa shape index (κ3) is 44.7. The Hall–Kier alpha value is -4.29. The summed E-state index contributed by atoms with van der Waals surface area (Å²) in [5.41, 5.74) is 1.17. The van der Waals surface area contributed by atoms with E-state index in [1.165, 1.54) is 23.3 Å². The molecule has 0 bridgehead atoms. The second-order valence-electron chi connectivity index (χ2n) is 8.47. The minimum Gasteiger partial charge on any atom is -0.508 e. The van der Waals surface area contributed by atoms with Crippen molar-refractivity contribution in [2.24, 2.45) is 0 Å². The van der Waals surface area contributed by atoms with Crippen LogP contribution in [-0.4, -0.2) is 46.1 Å². The zero-order valence-electron chi connectivity index (χ0n) is 29.0. The number of rotatable bonds is 2. The van der Waals surface area contributed by atoms with Crippen LogP contribution in [0.2, 0.25) is 0 Å². The van der Waals surface area contributed by atoms with E-state index in [1.807, 2.05) is 58.0 Å². The van der Waals surface area contributed by atoms with Gasteiger partial charge >= 0.3 is 0 Å². The van der Waals surface area contributed by atoms with Gasteiger partial charge in [-0.15, -0.1) is 0 Å². The smallest absolute Gasteiger partial charge is 0.270 e. The molecule has 0 aliphatic carbocycles. The lowest BCUT2D eigenvalue weighted by molar-refractivity contribution is -0.872. The zero-order valence-corrected chi connectivity index (χ0v) is 29.0. The molecule has 0 saturated heterocycles. The zero-order chi connectivity index (χ0) is 35.0. The minimum absolute atomic E-state index is 0.322. The molecule has 4 rings (SSSR count). The molecule has 0 amide bonds. The van der Waals surface area contributed by atoms with E-state index in [1.54, 1.807) is 84.9 Å². The molecule has 6 heteroatoms. The van der Waals surface area contributed by atoms with Gasteiger partial charge in [-0.25, -0.2) is 0 Å². The van der Waals surface area contributed by atoms with Crippen molar-refractivity contribution in [3.63, 3.8) is 0 Å². The highest BCUT2D eigenvalue weighted by Gasteiger charge is 1.97. The SMILES string of the molecule is C=[OH+].CC.CC.CCC.CCC.C[NH+](C)Cc1cccc(O)c1.Oc1ccccc1.Oc1ccccc1.Oc1ccccc1. The summed E-state index contributed by atoms with van der Waals surface area (Å²) in [6.45, 7) is 19.7. The average molecular weight is 614 g/mol. The number of carbonyl (C=O) groups excluding carboxylic acids is 1. The molecule has 0 spiro atoms. The number of hydrogen-bond donors (Lipinski definition) is 5. The Labute approximate surface area is 269 Å². The first-order valence-corrected chi connectivity index (χ1v) is 15.3. The molecule has 4 aromatic carbocycles. The molecule has 0 heterocycles. The molecular weight excluding hydrogens is 550 g/mol. The monoisotopic (exact) mass is 613 g/mol. The Balaban J connectivity index is -0.000000139. The van der Waals surface area contributed by atoms with Crippen LogP contribution in [-0.2, 0) is 6.54 Å². The van der Waals surface area contributed by atoms with E-state index in [9.17, 15) is 0 Å². The van der Waals surface area contributed by atoms with Gasteiger partial charge in [-0.1, -0.05) is 135 Å². The van der Waals surface area contributed by atoms with Crippen molar-refractivity contribution in [2.75, 3.05) is 14.1 Å². The second kappa shape index (κ2) is 43.2. The van der Waals surface area contributed by atoms with Gasteiger partial charge in [0.1, 0.15) is 29.5 Å². The normalized spacial score (nSPS) is 7.89. The number of benzene rings is 4. The van der Waals surface area contributed by atoms with Crippen molar-refractivity contribution in [2.45, 2.75) is 74.8 Å². The molecule has 4 aromatic rings. The van der Waals surface area contributed by atoms with Crippen LogP contribution in [0, 0.1) is 0 Å². The largest absolute Gasteiger partial charge is 0.508 e. The standard InChI is InChI=1S/C9H13NO.3C6H6O.2C3H8.2C2H6.CH2O/c1-10(2)7-8-4-3-5-9(11)6-8;3*7-6-4-2-1-3-5-6;2*1-3-2;3*1-2/h3-6,11H,7H2,1-2H3;3*1-5,7H;2*3H2,1-2H3;2*1-2H3;1H2/p+2. The minimum atomic E-state index is 0.322. The number of phenols is 4. The highest BCUT2D eigenvalue weighted by molar-refractivity contribution is 5.26. The van der Waals surface area contributed by atoms with Crippen LogP contribution in [0.25, 0.3) is 0 Å². The molecule has 0 unspecified atom stereocenters. The molecule has 0 saturated carbocycles. The molecule has 248 valence electrons. The highest BCUT2D eigenvalue weighted by Crippen LogP contribution is 2.09. The summed E-state index contributed by atoms with van der Waals surface area (Å²) in [5, 5.41) is 35.0. The van der Waals surface area contributed by atoms with Gasteiger partial charge in [0.15, 0.2) is 0 Å². The number of para-hydroxylation sites is 3. The van der Waals surface area contributed by atoms with Crippen LogP contribution in [0.3, 0.4) is 0 Å². The summed E-state index contributed by atoms with van der Waals surface area (Å²) in [6, 6.07) is 33.5. The van der Waals surface area contributed by atoms with Crippen LogP contribution in [0.4, 0.5) is 0 Å². The fraction of sp³-hybridized carbons (Fsp3) is 0.342. The number of hydrogen-bond acceptors (Lipinski definition) is 4. The first kappa shape index (κ1) is 49.4. The predicted octanol–water partition coefficient (Wildman–Crippen LogP) is 8.89. The Morgan fingerprint density at radius 2 is 0.727 bits per heavy atom. The van der Waals surface area contributed by atoms with Crippen LogP contribution in [0.5, 0.6) is 23.0 Å². The lowest BCUT2D eigenvalue weighted by Gasteiger charge is -2.06. The Morgan fingerprint density at radius 3 is 0.909 bits per heavy atom. The molecule has 6 N–H and O–H groups in total. The molecule has 0 atom stereocenters. The molecule has 0 aromatic heterocycles. The van der Waals surface area contributed by atoms with Crippen LogP contribution < -0.4 is 4.90 Å².